The van der Waals surface area contributed by atoms with E-state index in [1.807, 2.05) is 24.3 Å². The summed E-state index contributed by atoms with van der Waals surface area (Å²) in [4.78, 5) is 17.2. The molecule has 0 aliphatic carbocycles. The lowest BCUT2D eigenvalue weighted by atomic mass is 10.1. The summed E-state index contributed by atoms with van der Waals surface area (Å²) in [5.41, 5.74) is 1.13. The number of halogens is 1. The first kappa shape index (κ1) is 18.7. The van der Waals surface area contributed by atoms with Crippen LogP contribution in [0.4, 0.5) is 0 Å². The van der Waals surface area contributed by atoms with Gasteiger partial charge in [-0.2, -0.15) is 5.26 Å². The molecule has 2 aromatic carbocycles. The maximum Gasteiger partial charge on any atom is 0.270 e. The Balaban J connectivity index is 1.96. The van der Waals surface area contributed by atoms with Crippen molar-refractivity contribution in [2.75, 3.05) is 7.11 Å². The molecule has 0 amide bonds. The van der Waals surface area contributed by atoms with E-state index in [4.69, 9.17) is 33.3 Å². The second kappa shape index (κ2) is 8.08. The summed E-state index contributed by atoms with van der Waals surface area (Å²) in [5, 5.41) is 9.89. The zero-order chi connectivity index (χ0) is 19.4. The summed E-state index contributed by atoms with van der Waals surface area (Å²) in [6.45, 7) is 0.270. The van der Waals surface area contributed by atoms with Crippen LogP contribution in [0.2, 0.25) is 5.02 Å². The Hall–Kier alpha value is -3.08. The van der Waals surface area contributed by atoms with Crippen molar-refractivity contribution >= 4 is 23.8 Å². The van der Waals surface area contributed by atoms with Gasteiger partial charge in [-0.1, -0.05) is 29.8 Å². The molecule has 3 aromatic rings. The van der Waals surface area contributed by atoms with E-state index in [9.17, 15) is 10.1 Å². The number of aromatic amines is 2. The van der Waals surface area contributed by atoms with Crippen LogP contribution in [0.5, 0.6) is 11.5 Å². The van der Waals surface area contributed by atoms with Gasteiger partial charge in [0.15, 0.2) is 16.3 Å². The van der Waals surface area contributed by atoms with Crippen molar-refractivity contribution in [3.8, 4) is 28.8 Å². The highest BCUT2D eigenvalue weighted by Gasteiger charge is 2.14. The minimum atomic E-state index is -0.547. The number of H-pyrrole nitrogens is 2. The molecule has 0 fully saturated rings. The Labute approximate surface area is 165 Å². The molecule has 0 atom stereocenters. The fourth-order valence-corrected chi connectivity index (χ4v) is 2.91. The summed E-state index contributed by atoms with van der Waals surface area (Å²) in [7, 11) is 1.51. The van der Waals surface area contributed by atoms with Crippen molar-refractivity contribution in [3.05, 3.63) is 73.7 Å². The Bertz CT molecular complexity index is 1150. The van der Waals surface area contributed by atoms with E-state index in [-0.39, 0.29) is 16.9 Å². The van der Waals surface area contributed by atoms with Gasteiger partial charge in [-0.15, -0.1) is 0 Å². The van der Waals surface area contributed by atoms with Gasteiger partial charge in [-0.3, -0.25) is 9.78 Å². The lowest BCUT2D eigenvalue weighted by Gasteiger charge is -2.13. The highest BCUT2D eigenvalue weighted by atomic mass is 35.5. The lowest BCUT2D eigenvalue weighted by molar-refractivity contribution is 0.284. The minimum absolute atomic E-state index is 0.0598. The van der Waals surface area contributed by atoms with Gasteiger partial charge in [0.1, 0.15) is 18.2 Å². The minimum Gasteiger partial charge on any atom is -0.493 e. The monoisotopic (exact) mass is 399 g/mol. The van der Waals surface area contributed by atoms with Gasteiger partial charge in [-0.05, 0) is 36.5 Å². The number of nitrogens with zero attached hydrogens (tertiary/aromatic N) is 1. The fourth-order valence-electron chi connectivity index (χ4n) is 2.52. The molecule has 2 N–H and O–H groups in total. The van der Waals surface area contributed by atoms with E-state index >= 15 is 0 Å². The van der Waals surface area contributed by atoms with E-state index in [1.165, 1.54) is 7.11 Å². The number of nitriles is 1. The summed E-state index contributed by atoms with van der Waals surface area (Å²) in [6, 6.07) is 14.4. The molecular formula is C19H14ClN3O3S. The standard InChI is InChI=1S/C19H14ClN3O3S/c1-25-16-8-11(17-13(9-21)18(24)23-19(27)22-17)6-7-15(16)26-10-12-4-2-3-5-14(12)20/h2-8H,10H2,1H3,(H2,22,23,24,27). The second-order valence-corrected chi connectivity index (χ2v) is 6.33. The summed E-state index contributed by atoms with van der Waals surface area (Å²) >= 11 is 11.1. The Morgan fingerprint density at radius 2 is 1.96 bits per heavy atom. The molecule has 0 radical (unpaired) electrons. The normalized spacial score (nSPS) is 10.3. The van der Waals surface area contributed by atoms with E-state index in [0.717, 1.165) is 5.56 Å². The average Bonchev–Trinajstić information content (AvgIpc) is 2.66. The third kappa shape index (κ3) is 4.03. The molecule has 8 heteroatoms. The van der Waals surface area contributed by atoms with Crippen molar-refractivity contribution in [3.63, 3.8) is 0 Å². The zero-order valence-corrected chi connectivity index (χ0v) is 15.8. The number of aromatic nitrogens is 2. The number of benzene rings is 2. The molecule has 136 valence electrons. The van der Waals surface area contributed by atoms with Crippen LogP contribution in [-0.2, 0) is 6.61 Å². The van der Waals surface area contributed by atoms with Crippen LogP contribution in [-0.4, -0.2) is 17.1 Å². The van der Waals surface area contributed by atoms with Gasteiger partial charge in [0.2, 0.25) is 0 Å². The van der Waals surface area contributed by atoms with Crippen molar-refractivity contribution in [1.82, 2.24) is 9.97 Å². The first-order valence-electron chi connectivity index (χ1n) is 7.84. The first-order valence-corrected chi connectivity index (χ1v) is 8.63. The molecule has 0 saturated carbocycles. The topological polar surface area (TPSA) is 90.9 Å². The second-order valence-electron chi connectivity index (χ2n) is 5.52. The molecule has 0 saturated heterocycles. The van der Waals surface area contributed by atoms with Crippen molar-refractivity contribution in [1.29, 1.82) is 5.26 Å². The molecule has 27 heavy (non-hydrogen) atoms. The number of hydrogen-bond donors (Lipinski definition) is 2. The molecule has 0 aliphatic heterocycles. The highest BCUT2D eigenvalue weighted by molar-refractivity contribution is 7.71. The van der Waals surface area contributed by atoms with E-state index in [1.54, 1.807) is 24.3 Å². The molecule has 3 rings (SSSR count). The van der Waals surface area contributed by atoms with Crippen molar-refractivity contribution < 1.29 is 9.47 Å². The number of ether oxygens (including phenoxy) is 2. The molecule has 0 unspecified atom stereocenters. The molecule has 1 aromatic heterocycles. The van der Waals surface area contributed by atoms with Crippen LogP contribution in [0.25, 0.3) is 11.3 Å². The van der Waals surface area contributed by atoms with Gasteiger partial charge in [0, 0.05) is 16.1 Å². The quantitative estimate of drug-likeness (QED) is 0.627. The molecular weight excluding hydrogens is 386 g/mol. The van der Waals surface area contributed by atoms with Crippen molar-refractivity contribution in [2.24, 2.45) is 0 Å². The summed E-state index contributed by atoms with van der Waals surface area (Å²) in [6.07, 6.45) is 0. The molecule has 0 spiro atoms. The van der Waals surface area contributed by atoms with E-state index < -0.39 is 5.56 Å². The van der Waals surface area contributed by atoms with Crippen molar-refractivity contribution in [2.45, 2.75) is 6.61 Å². The maximum absolute atomic E-state index is 11.9. The SMILES string of the molecule is COc1cc(-c2[nH]c(=S)[nH]c(=O)c2C#N)ccc1OCc1ccccc1Cl. The Morgan fingerprint density at radius 1 is 1.19 bits per heavy atom. The van der Waals surface area contributed by atoms with Crippen LogP contribution in [0.15, 0.2) is 47.3 Å². The number of methoxy groups -OCH3 is 1. The first-order chi connectivity index (χ1) is 13.0. The van der Waals surface area contributed by atoms with E-state index in [2.05, 4.69) is 9.97 Å². The summed E-state index contributed by atoms with van der Waals surface area (Å²) in [5.74, 6) is 0.950. The van der Waals surface area contributed by atoms with Crippen LogP contribution in [0, 0.1) is 16.1 Å². The largest absolute Gasteiger partial charge is 0.493 e. The predicted octanol–water partition coefficient (Wildman–Crippen LogP) is 4.21. The van der Waals surface area contributed by atoms with Crippen LogP contribution < -0.4 is 15.0 Å². The maximum atomic E-state index is 11.9. The Morgan fingerprint density at radius 3 is 2.67 bits per heavy atom. The van der Waals surface area contributed by atoms with Crippen LogP contribution >= 0.6 is 23.8 Å². The average molecular weight is 400 g/mol. The molecule has 0 aliphatic rings. The lowest BCUT2D eigenvalue weighted by Crippen LogP contribution is -2.13. The number of hydrogen-bond acceptors (Lipinski definition) is 5. The van der Waals surface area contributed by atoms with Gasteiger partial charge in [-0.25, -0.2) is 0 Å². The predicted molar refractivity (Wildman–Crippen MR) is 105 cm³/mol. The fraction of sp³-hybridized carbons (Fsp3) is 0.105. The molecule has 0 bridgehead atoms. The smallest absolute Gasteiger partial charge is 0.270 e. The summed E-state index contributed by atoms with van der Waals surface area (Å²) < 4.78 is 11.3. The highest BCUT2D eigenvalue weighted by Crippen LogP contribution is 2.33. The third-order valence-corrected chi connectivity index (χ3v) is 4.42. The van der Waals surface area contributed by atoms with E-state index in [0.29, 0.717) is 27.8 Å². The third-order valence-electron chi connectivity index (χ3n) is 3.85. The van der Waals surface area contributed by atoms with Gasteiger partial charge < -0.3 is 14.5 Å². The zero-order valence-electron chi connectivity index (χ0n) is 14.2. The Kier molecular flexibility index (Phi) is 5.60. The van der Waals surface area contributed by atoms with Gasteiger partial charge >= 0.3 is 0 Å². The van der Waals surface area contributed by atoms with Gasteiger partial charge in [0.25, 0.3) is 5.56 Å². The molecule has 6 nitrogen and oxygen atoms in total. The molecule has 1 heterocycles. The van der Waals surface area contributed by atoms with Gasteiger partial charge in [0.05, 0.1) is 12.8 Å². The van der Waals surface area contributed by atoms with Crippen LogP contribution in [0.3, 0.4) is 0 Å². The van der Waals surface area contributed by atoms with Crippen LogP contribution in [0.1, 0.15) is 11.1 Å². The number of nitrogens with one attached hydrogen (secondary N) is 2. The number of rotatable bonds is 5.